The summed E-state index contributed by atoms with van der Waals surface area (Å²) in [7, 11) is 0. The van der Waals surface area contributed by atoms with Crippen LogP contribution in [0.5, 0.6) is 0 Å². The van der Waals surface area contributed by atoms with Gasteiger partial charge in [0, 0.05) is 12.4 Å². The van der Waals surface area contributed by atoms with Gasteiger partial charge in [0.1, 0.15) is 6.04 Å². The van der Waals surface area contributed by atoms with Crippen LogP contribution in [0.25, 0.3) is 5.69 Å². The Kier molecular flexibility index (Phi) is 7.89. The van der Waals surface area contributed by atoms with Crippen LogP contribution in [0.3, 0.4) is 0 Å². The number of ether oxygens (including phenoxy) is 1. The van der Waals surface area contributed by atoms with E-state index in [1.807, 2.05) is 99.0 Å². The zero-order chi connectivity index (χ0) is 26.5. The predicted molar refractivity (Wildman–Crippen MR) is 150 cm³/mol. The molecule has 1 aromatic heterocycles. The minimum atomic E-state index is -0.367. The SMILES string of the molecule is CCOC(=O)C(c1ccccc1)N1CCC(c2ccc(-n3ccn(C(C)c4ccccc4)c3=O)cc2)CC1. The molecule has 2 heterocycles. The van der Waals surface area contributed by atoms with Crippen LogP contribution in [0.15, 0.2) is 102 Å². The third kappa shape index (κ3) is 5.36. The number of imidazole rings is 1. The van der Waals surface area contributed by atoms with Crippen LogP contribution in [0.1, 0.15) is 61.4 Å². The number of rotatable bonds is 8. The van der Waals surface area contributed by atoms with Gasteiger partial charge in [-0.15, -0.1) is 0 Å². The minimum absolute atomic E-state index is 0.0382. The van der Waals surface area contributed by atoms with Crippen molar-refractivity contribution in [3.63, 3.8) is 0 Å². The maximum atomic E-state index is 13.2. The van der Waals surface area contributed by atoms with E-state index in [0.29, 0.717) is 12.5 Å². The van der Waals surface area contributed by atoms with E-state index in [-0.39, 0.29) is 23.7 Å². The Hall–Kier alpha value is -3.90. The highest BCUT2D eigenvalue weighted by atomic mass is 16.5. The Bertz CT molecular complexity index is 1390. The van der Waals surface area contributed by atoms with Gasteiger partial charge in [0.2, 0.25) is 0 Å². The smallest absolute Gasteiger partial charge is 0.333 e. The standard InChI is InChI=1S/C32H35N3O3/c1-3-38-31(36)30(28-12-8-5-9-13-28)33-20-18-27(19-21-33)26-14-16-29(17-15-26)35-23-22-34(32(35)37)24(2)25-10-6-4-7-11-25/h4-17,22-24,27,30H,3,18-21H2,1-2H3. The van der Waals surface area contributed by atoms with E-state index >= 15 is 0 Å². The molecule has 196 valence electrons. The Morgan fingerprint density at radius 2 is 1.47 bits per heavy atom. The van der Waals surface area contributed by atoms with Crippen molar-refractivity contribution in [2.45, 2.75) is 44.7 Å². The minimum Gasteiger partial charge on any atom is -0.465 e. The highest BCUT2D eigenvalue weighted by Crippen LogP contribution is 2.33. The van der Waals surface area contributed by atoms with Gasteiger partial charge in [0.15, 0.2) is 0 Å². The molecule has 4 aromatic rings. The summed E-state index contributed by atoms with van der Waals surface area (Å²) < 4.78 is 8.89. The summed E-state index contributed by atoms with van der Waals surface area (Å²) in [4.78, 5) is 28.2. The lowest BCUT2D eigenvalue weighted by atomic mass is 9.88. The van der Waals surface area contributed by atoms with Crippen molar-refractivity contribution < 1.29 is 9.53 Å². The first-order valence-corrected chi connectivity index (χ1v) is 13.5. The monoisotopic (exact) mass is 509 g/mol. The lowest BCUT2D eigenvalue weighted by Gasteiger charge is -2.36. The quantitative estimate of drug-likeness (QED) is 0.285. The zero-order valence-electron chi connectivity index (χ0n) is 22.1. The first kappa shape index (κ1) is 25.7. The molecular formula is C32H35N3O3. The third-order valence-electron chi connectivity index (χ3n) is 7.67. The first-order valence-electron chi connectivity index (χ1n) is 13.5. The van der Waals surface area contributed by atoms with E-state index in [4.69, 9.17) is 4.74 Å². The fraction of sp³-hybridized carbons (Fsp3) is 0.312. The Balaban J connectivity index is 1.27. The number of hydrogen-bond donors (Lipinski definition) is 0. The molecule has 0 aliphatic carbocycles. The van der Waals surface area contributed by atoms with Crippen LogP contribution < -0.4 is 5.69 Å². The summed E-state index contributed by atoms with van der Waals surface area (Å²) in [6.07, 6.45) is 5.63. The highest BCUT2D eigenvalue weighted by molar-refractivity contribution is 5.77. The average Bonchev–Trinajstić information content (AvgIpc) is 3.35. The molecule has 6 heteroatoms. The molecule has 0 bridgehead atoms. The number of piperidine rings is 1. The molecular weight excluding hydrogens is 474 g/mol. The van der Waals surface area contributed by atoms with Crippen molar-refractivity contribution in [1.29, 1.82) is 0 Å². The molecule has 5 rings (SSSR count). The van der Waals surface area contributed by atoms with Crippen molar-refractivity contribution in [1.82, 2.24) is 14.0 Å². The van der Waals surface area contributed by atoms with Gasteiger partial charge in [-0.1, -0.05) is 72.8 Å². The molecule has 0 spiro atoms. The second kappa shape index (κ2) is 11.7. The van der Waals surface area contributed by atoms with Crippen molar-refractivity contribution in [2.75, 3.05) is 19.7 Å². The number of esters is 1. The van der Waals surface area contributed by atoms with Crippen LogP contribution >= 0.6 is 0 Å². The molecule has 2 unspecified atom stereocenters. The maximum Gasteiger partial charge on any atom is 0.333 e. The summed E-state index contributed by atoms with van der Waals surface area (Å²) in [6.45, 7) is 5.92. The van der Waals surface area contributed by atoms with Gasteiger partial charge in [-0.2, -0.15) is 0 Å². The summed E-state index contributed by atoms with van der Waals surface area (Å²) in [5.41, 5.74) is 4.17. The number of benzene rings is 3. The number of aromatic nitrogens is 2. The molecule has 1 aliphatic rings. The largest absolute Gasteiger partial charge is 0.465 e. The Morgan fingerprint density at radius 3 is 2.08 bits per heavy atom. The predicted octanol–water partition coefficient (Wildman–Crippen LogP) is 5.73. The average molecular weight is 510 g/mol. The van der Waals surface area contributed by atoms with Gasteiger partial charge in [0.05, 0.1) is 18.3 Å². The number of nitrogens with zero attached hydrogens (tertiary/aromatic N) is 3. The lowest BCUT2D eigenvalue weighted by molar-refractivity contribution is -0.150. The molecule has 38 heavy (non-hydrogen) atoms. The van der Waals surface area contributed by atoms with Crippen LogP contribution in [-0.4, -0.2) is 39.7 Å². The lowest BCUT2D eigenvalue weighted by Crippen LogP contribution is -2.40. The van der Waals surface area contributed by atoms with Gasteiger partial charge >= 0.3 is 11.7 Å². The fourth-order valence-corrected chi connectivity index (χ4v) is 5.52. The van der Waals surface area contributed by atoms with Crippen molar-refractivity contribution in [3.8, 4) is 5.69 Å². The number of carbonyl (C=O) groups is 1. The fourth-order valence-electron chi connectivity index (χ4n) is 5.52. The number of hydrogen-bond acceptors (Lipinski definition) is 4. The second-order valence-corrected chi connectivity index (χ2v) is 9.91. The van der Waals surface area contributed by atoms with E-state index in [1.165, 1.54) is 5.56 Å². The molecule has 1 saturated heterocycles. The Labute approximate surface area is 224 Å². The van der Waals surface area contributed by atoms with E-state index < -0.39 is 0 Å². The van der Waals surface area contributed by atoms with E-state index in [2.05, 4.69) is 17.0 Å². The maximum absolute atomic E-state index is 13.2. The summed E-state index contributed by atoms with van der Waals surface area (Å²) in [5.74, 6) is 0.235. The normalized spacial score (nSPS) is 16.2. The summed E-state index contributed by atoms with van der Waals surface area (Å²) in [5, 5.41) is 0. The van der Waals surface area contributed by atoms with Gasteiger partial charge in [0.25, 0.3) is 0 Å². The molecule has 1 fully saturated rings. The van der Waals surface area contributed by atoms with Gasteiger partial charge in [-0.3, -0.25) is 14.0 Å². The molecule has 0 saturated carbocycles. The van der Waals surface area contributed by atoms with Gasteiger partial charge in [-0.25, -0.2) is 9.59 Å². The molecule has 0 N–H and O–H groups in total. The topological polar surface area (TPSA) is 56.5 Å². The first-order chi connectivity index (χ1) is 18.6. The molecule has 0 amide bonds. The number of carbonyl (C=O) groups excluding carboxylic acids is 1. The van der Waals surface area contributed by atoms with Crippen molar-refractivity contribution >= 4 is 5.97 Å². The number of likely N-dealkylation sites (tertiary alicyclic amines) is 1. The van der Waals surface area contributed by atoms with Crippen LogP contribution in [0.2, 0.25) is 0 Å². The molecule has 3 aromatic carbocycles. The molecule has 0 radical (unpaired) electrons. The highest BCUT2D eigenvalue weighted by Gasteiger charge is 2.32. The molecule has 2 atom stereocenters. The Morgan fingerprint density at radius 1 is 0.868 bits per heavy atom. The van der Waals surface area contributed by atoms with Crippen LogP contribution in [-0.2, 0) is 9.53 Å². The second-order valence-electron chi connectivity index (χ2n) is 9.91. The molecule has 1 aliphatic heterocycles. The van der Waals surface area contributed by atoms with E-state index in [1.54, 1.807) is 9.13 Å². The van der Waals surface area contributed by atoms with Crippen molar-refractivity contribution in [3.05, 3.63) is 124 Å². The third-order valence-corrected chi connectivity index (χ3v) is 7.67. The van der Waals surface area contributed by atoms with Gasteiger partial charge < -0.3 is 4.74 Å². The van der Waals surface area contributed by atoms with E-state index in [0.717, 1.165) is 42.7 Å². The summed E-state index contributed by atoms with van der Waals surface area (Å²) in [6, 6.07) is 27.9. The molecule has 6 nitrogen and oxygen atoms in total. The van der Waals surface area contributed by atoms with E-state index in [9.17, 15) is 9.59 Å². The van der Waals surface area contributed by atoms with Gasteiger partial charge in [-0.05, 0) is 74.5 Å². The van der Waals surface area contributed by atoms with Crippen LogP contribution in [0, 0.1) is 0 Å². The zero-order valence-corrected chi connectivity index (χ0v) is 22.1. The summed E-state index contributed by atoms with van der Waals surface area (Å²) >= 11 is 0. The van der Waals surface area contributed by atoms with Crippen LogP contribution in [0.4, 0.5) is 0 Å². The van der Waals surface area contributed by atoms with Crippen molar-refractivity contribution in [2.24, 2.45) is 0 Å².